The number of rotatable bonds is 2. The van der Waals surface area contributed by atoms with Gasteiger partial charge in [0.05, 0.1) is 17.8 Å². The van der Waals surface area contributed by atoms with Crippen molar-refractivity contribution in [3.8, 4) is 0 Å². The first-order valence-electron chi connectivity index (χ1n) is 8.65. The molecule has 21 heavy (non-hydrogen) atoms. The van der Waals surface area contributed by atoms with Crippen molar-refractivity contribution in [2.75, 3.05) is 19.6 Å². The van der Waals surface area contributed by atoms with Gasteiger partial charge < -0.3 is 9.84 Å². The molecule has 0 bridgehead atoms. The van der Waals surface area contributed by atoms with E-state index in [1.54, 1.807) is 0 Å². The van der Waals surface area contributed by atoms with Gasteiger partial charge in [-0.05, 0) is 57.3 Å². The van der Waals surface area contributed by atoms with Crippen LogP contribution in [0.4, 0.5) is 0 Å². The van der Waals surface area contributed by atoms with Gasteiger partial charge in [0.1, 0.15) is 0 Å². The van der Waals surface area contributed by atoms with E-state index in [4.69, 9.17) is 4.74 Å². The van der Waals surface area contributed by atoms with Gasteiger partial charge in [-0.3, -0.25) is 4.90 Å². The van der Waals surface area contributed by atoms with Gasteiger partial charge >= 0.3 is 0 Å². The van der Waals surface area contributed by atoms with Crippen molar-refractivity contribution in [3.63, 3.8) is 0 Å². The Morgan fingerprint density at radius 1 is 1.24 bits per heavy atom. The SMILES string of the molecule is CC1CN(CC2CC(C(C)(C)C)CCC2O)CC(C)(C)O1. The second-order valence-corrected chi connectivity index (χ2v) is 9.09. The first kappa shape index (κ1) is 17.2. The molecule has 0 aromatic carbocycles. The van der Waals surface area contributed by atoms with E-state index in [2.05, 4.69) is 46.4 Å². The maximum absolute atomic E-state index is 10.4. The average molecular weight is 297 g/mol. The minimum atomic E-state index is -0.120. The van der Waals surface area contributed by atoms with Gasteiger partial charge in [0, 0.05) is 19.6 Å². The molecule has 0 spiro atoms. The van der Waals surface area contributed by atoms with Crippen molar-refractivity contribution >= 4 is 0 Å². The fraction of sp³-hybridized carbons (Fsp3) is 1.00. The third kappa shape index (κ3) is 4.67. The number of aliphatic hydroxyl groups excluding tert-OH is 1. The second-order valence-electron chi connectivity index (χ2n) is 9.09. The molecule has 1 saturated heterocycles. The largest absolute Gasteiger partial charge is 0.393 e. The Balaban J connectivity index is 1.97. The molecule has 1 N–H and O–H groups in total. The van der Waals surface area contributed by atoms with Gasteiger partial charge in [-0.2, -0.15) is 0 Å². The lowest BCUT2D eigenvalue weighted by atomic mass is 9.68. The average Bonchev–Trinajstić information content (AvgIpc) is 2.27. The van der Waals surface area contributed by atoms with E-state index in [-0.39, 0.29) is 17.8 Å². The highest BCUT2D eigenvalue weighted by Gasteiger charge is 2.38. The first-order chi connectivity index (χ1) is 9.57. The van der Waals surface area contributed by atoms with Crippen LogP contribution in [0, 0.1) is 17.3 Å². The van der Waals surface area contributed by atoms with Crippen LogP contribution in [0.3, 0.4) is 0 Å². The molecule has 1 heterocycles. The van der Waals surface area contributed by atoms with Crippen LogP contribution in [0.25, 0.3) is 0 Å². The molecule has 1 saturated carbocycles. The first-order valence-corrected chi connectivity index (χ1v) is 8.65. The van der Waals surface area contributed by atoms with Crippen molar-refractivity contribution in [3.05, 3.63) is 0 Å². The number of aliphatic hydroxyl groups is 1. The normalized spacial score (nSPS) is 38.4. The summed E-state index contributed by atoms with van der Waals surface area (Å²) >= 11 is 0. The number of hydrogen-bond donors (Lipinski definition) is 1. The lowest BCUT2D eigenvalue weighted by Crippen LogP contribution is -2.54. The van der Waals surface area contributed by atoms with Crippen LogP contribution in [0.1, 0.15) is 60.8 Å². The molecule has 3 nitrogen and oxygen atoms in total. The Bertz CT molecular complexity index is 348. The maximum Gasteiger partial charge on any atom is 0.0757 e. The quantitative estimate of drug-likeness (QED) is 0.849. The fourth-order valence-corrected chi connectivity index (χ4v) is 4.29. The third-order valence-corrected chi connectivity index (χ3v) is 5.30. The Kier molecular flexibility index (Phi) is 5.07. The highest BCUT2D eigenvalue weighted by atomic mass is 16.5. The highest BCUT2D eigenvalue weighted by Crippen LogP contribution is 2.40. The monoisotopic (exact) mass is 297 g/mol. The predicted octanol–water partition coefficient (Wildman–Crippen LogP) is 3.31. The van der Waals surface area contributed by atoms with Crippen molar-refractivity contribution in [2.45, 2.75) is 78.6 Å². The second kappa shape index (κ2) is 6.17. The lowest BCUT2D eigenvalue weighted by Gasteiger charge is -2.46. The van der Waals surface area contributed by atoms with Gasteiger partial charge in [0.15, 0.2) is 0 Å². The minimum Gasteiger partial charge on any atom is -0.393 e. The van der Waals surface area contributed by atoms with E-state index in [1.807, 2.05) is 0 Å². The van der Waals surface area contributed by atoms with Crippen LogP contribution < -0.4 is 0 Å². The molecule has 4 unspecified atom stereocenters. The topological polar surface area (TPSA) is 32.7 Å². The molecular formula is C18H35NO2. The summed E-state index contributed by atoms with van der Waals surface area (Å²) in [6.07, 6.45) is 3.47. The zero-order valence-electron chi connectivity index (χ0n) is 14.9. The van der Waals surface area contributed by atoms with Crippen LogP contribution in [0.5, 0.6) is 0 Å². The molecule has 0 amide bonds. The fourth-order valence-electron chi connectivity index (χ4n) is 4.29. The van der Waals surface area contributed by atoms with Crippen LogP contribution in [0.15, 0.2) is 0 Å². The van der Waals surface area contributed by atoms with Crippen LogP contribution in [-0.4, -0.2) is 47.4 Å². The van der Waals surface area contributed by atoms with E-state index in [0.717, 1.165) is 38.4 Å². The number of nitrogens with zero attached hydrogens (tertiary/aromatic N) is 1. The molecule has 0 aromatic heterocycles. The van der Waals surface area contributed by atoms with Crippen LogP contribution >= 0.6 is 0 Å². The van der Waals surface area contributed by atoms with Crippen molar-refractivity contribution in [1.29, 1.82) is 0 Å². The predicted molar refractivity (Wildman–Crippen MR) is 87.4 cm³/mol. The Morgan fingerprint density at radius 3 is 2.48 bits per heavy atom. The zero-order valence-corrected chi connectivity index (χ0v) is 14.9. The summed E-state index contributed by atoms with van der Waals surface area (Å²) in [5, 5.41) is 10.4. The van der Waals surface area contributed by atoms with Crippen molar-refractivity contribution in [2.24, 2.45) is 17.3 Å². The van der Waals surface area contributed by atoms with Crippen LogP contribution in [0.2, 0.25) is 0 Å². The maximum atomic E-state index is 10.4. The summed E-state index contributed by atoms with van der Waals surface area (Å²) in [7, 11) is 0. The minimum absolute atomic E-state index is 0.0687. The van der Waals surface area contributed by atoms with E-state index in [1.165, 1.54) is 6.42 Å². The number of hydrogen-bond acceptors (Lipinski definition) is 3. The van der Waals surface area contributed by atoms with Gasteiger partial charge in [0.2, 0.25) is 0 Å². The molecule has 0 aromatic rings. The Hall–Kier alpha value is -0.120. The number of morpholine rings is 1. The molecule has 0 radical (unpaired) electrons. The van der Waals surface area contributed by atoms with Gasteiger partial charge in [-0.25, -0.2) is 0 Å². The Labute approximate surface area is 131 Å². The molecule has 1 aliphatic heterocycles. The Morgan fingerprint density at radius 2 is 1.90 bits per heavy atom. The summed E-state index contributed by atoms with van der Waals surface area (Å²) in [5.74, 6) is 1.15. The molecule has 4 atom stereocenters. The molecule has 124 valence electrons. The molecule has 3 heteroatoms. The summed E-state index contributed by atoms with van der Waals surface area (Å²) < 4.78 is 5.99. The van der Waals surface area contributed by atoms with E-state index in [9.17, 15) is 5.11 Å². The van der Waals surface area contributed by atoms with Crippen molar-refractivity contribution in [1.82, 2.24) is 4.90 Å². The lowest BCUT2D eigenvalue weighted by molar-refractivity contribution is -0.136. The molecule has 2 rings (SSSR count). The molecule has 2 aliphatic rings. The summed E-state index contributed by atoms with van der Waals surface area (Å²) in [4.78, 5) is 2.51. The standard InChI is InChI=1S/C18H35NO2/c1-13-10-19(12-18(5,6)21-13)11-14-9-15(17(2,3)4)7-8-16(14)20/h13-16,20H,7-12H2,1-6H3. The van der Waals surface area contributed by atoms with E-state index < -0.39 is 0 Å². The van der Waals surface area contributed by atoms with Gasteiger partial charge in [0.25, 0.3) is 0 Å². The van der Waals surface area contributed by atoms with Gasteiger partial charge in [-0.1, -0.05) is 20.8 Å². The third-order valence-electron chi connectivity index (χ3n) is 5.30. The number of ether oxygens (including phenoxy) is 1. The highest BCUT2D eigenvalue weighted by molar-refractivity contribution is 4.89. The zero-order chi connectivity index (χ0) is 15.8. The summed E-state index contributed by atoms with van der Waals surface area (Å²) in [6, 6.07) is 0. The van der Waals surface area contributed by atoms with E-state index >= 15 is 0 Å². The van der Waals surface area contributed by atoms with Gasteiger partial charge in [-0.15, -0.1) is 0 Å². The smallest absolute Gasteiger partial charge is 0.0757 e. The van der Waals surface area contributed by atoms with E-state index in [0.29, 0.717) is 11.3 Å². The molecule has 1 aliphatic carbocycles. The summed E-state index contributed by atoms with van der Waals surface area (Å²) in [5.41, 5.74) is 0.288. The molecular weight excluding hydrogens is 262 g/mol. The van der Waals surface area contributed by atoms with Crippen LogP contribution in [-0.2, 0) is 4.74 Å². The van der Waals surface area contributed by atoms with Crippen molar-refractivity contribution < 1.29 is 9.84 Å². The molecule has 2 fully saturated rings. The summed E-state index contributed by atoms with van der Waals surface area (Å²) in [6.45, 7) is 16.5.